The second kappa shape index (κ2) is 8.95. The molecule has 0 saturated carbocycles. The Labute approximate surface area is 154 Å². The summed E-state index contributed by atoms with van der Waals surface area (Å²) in [5.74, 6) is -1.98. The summed E-state index contributed by atoms with van der Waals surface area (Å²) in [6, 6.07) is 3.02. The van der Waals surface area contributed by atoms with Crippen LogP contribution in [0.3, 0.4) is 0 Å². The average molecular weight is 383 g/mol. The fourth-order valence-electron chi connectivity index (χ4n) is 2.77. The highest BCUT2D eigenvalue weighted by molar-refractivity contribution is 5.95. The summed E-state index contributed by atoms with van der Waals surface area (Å²) >= 11 is 0. The number of carbonyl (C=O) groups excluding carboxylic acids is 2. The molecule has 1 aliphatic rings. The largest absolute Gasteiger partial charge is 0.547 e. The number of aliphatic carboxylic acids is 1. The zero-order valence-corrected chi connectivity index (χ0v) is 14.5. The number of ketones is 1. The zero-order valence-electron chi connectivity index (χ0n) is 14.5. The molecule has 0 amide bonds. The van der Waals surface area contributed by atoms with Gasteiger partial charge in [-0.2, -0.15) is 4.57 Å². The van der Waals surface area contributed by atoms with E-state index in [9.17, 15) is 34.9 Å². The van der Waals surface area contributed by atoms with Crippen LogP contribution in [0.2, 0.25) is 0 Å². The lowest BCUT2D eigenvalue weighted by atomic mass is 9.97. The molecule has 1 aromatic heterocycles. The number of hydrogen-bond donors (Lipinski definition) is 3. The third kappa shape index (κ3) is 4.83. The van der Waals surface area contributed by atoms with Crippen molar-refractivity contribution in [3.05, 3.63) is 35.0 Å². The quantitative estimate of drug-likeness (QED) is 0.187. The van der Waals surface area contributed by atoms with Crippen LogP contribution in [0.1, 0.15) is 29.4 Å². The van der Waals surface area contributed by atoms with E-state index in [4.69, 9.17) is 4.74 Å². The highest BCUT2D eigenvalue weighted by Gasteiger charge is 2.48. The van der Waals surface area contributed by atoms with Crippen LogP contribution in [0.25, 0.3) is 0 Å². The monoisotopic (exact) mass is 383 g/mol. The predicted octanol–water partition coefficient (Wildman–Crippen LogP) is -2.72. The molecule has 5 atom stereocenters. The van der Waals surface area contributed by atoms with E-state index in [1.165, 1.54) is 36.1 Å². The molecule has 148 valence electrons. The maximum atomic E-state index is 12.3. The van der Waals surface area contributed by atoms with E-state index >= 15 is 0 Å². The second-order valence-electron chi connectivity index (χ2n) is 6.27. The van der Waals surface area contributed by atoms with Crippen molar-refractivity contribution in [1.82, 2.24) is 5.01 Å². The van der Waals surface area contributed by atoms with Gasteiger partial charge in [0.1, 0.15) is 18.3 Å². The Hall–Kier alpha value is -2.47. The van der Waals surface area contributed by atoms with Gasteiger partial charge in [-0.05, 0) is 12.5 Å². The molecule has 2 heterocycles. The summed E-state index contributed by atoms with van der Waals surface area (Å²) in [6.45, 7) is 0.309. The number of Topliss-reactive ketones (excluding diaryl/α,β-unsaturated/α-hetero) is 1. The maximum Gasteiger partial charge on any atom is 0.292 e. The summed E-state index contributed by atoms with van der Waals surface area (Å²) in [6.07, 6.45) is -5.13. The number of carboxylic acids is 1. The molecule has 0 spiro atoms. The number of carboxylic acid groups (broad SMARTS) is 1. The molecule has 0 radical (unpaired) electrons. The van der Waals surface area contributed by atoms with Gasteiger partial charge in [0.05, 0.1) is 16.8 Å². The number of carbonyl (C=O) groups is 2. The molecular weight excluding hydrogens is 362 g/mol. The van der Waals surface area contributed by atoms with Gasteiger partial charge >= 0.3 is 0 Å². The van der Waals surface area contributed by atoms with Gasteiger partial charge < -0.3 is 30.0 Å². The highest BCUT2D eigenvalue weighted by Crippen LogP contribution is 2.24. The fourth-order valence-corrected chi connectivity index (χ4v) is 2.77. The van der Waals surface area contributed by atoms with Gasteiger partial charge in [0.25, 0.3) is 6.23 Å². The van der Waals surface area contributed by atoms with E-state index in [1.54, 1.807) is 0 Å². The Morgan fingerprint density at radius 3 is 2.63 bits per heavy atom. The third-order valence-electron chi connectivity index (χ3n) is 4.28. The van der Waals surface area contributed by atoms with Gasteiger partial charge in [-0.1, -0.05) is 0 Å². The van der Waals surface area contributed by atoms with Crippen LogP contribution >= 0.6 is 0 Å². The molecule has 1 saturated heterocycles. The first-order valence-electron chi connectivity index (χ1n) is 8.25. The minimum Gasteiger partial charge on any atom is -0.547 e. The zero-order chi connectivity index (χ0) is 20.1. The number of rotatable bonds is 8. The first kappa shape index (κ1) is 20.8. The second-order valence-corrected chi connectivity index (χ2v) is 6.27. The van der Waals surface area contributed by atoms with Gasteiger partial charge in [-0.15, -0.1) is 4.91 Å². The molecule has 11 nitrogen and oxygen atoms in total. The molecule has 0 unspecified atom stereocenters. The standard InChI is InChI=1S/C16H21N3O8/c1-18(17-26)6-3-5-10(20)9-4-2-7-19(8-9)15-13(23)11(21)12(22)14(27-15)16(24)25/h2,4,7-8,11-15,21-23H,3,5-6H2,1H3/t11-,12-,13+,14-,15+/m0/s1. The summed E-state index contributed by atoms with van der Waals surface area (Å²) in [5, 5.41) is 44.6. The predicted molar refractivity (Wildman–Crippen MR) is 85.6 cm³/mol. The van der Waals surface area contributed by atoms with Crippen LogP contribution in [0.15, 0.2) is 29.8 Å². The Balaban J connectivity index is 2.14. The van der Waals surface area contributed by atoms with Crippen molar-refractivity contribution in [2.24, 2.45) is 5.29 Å². The van der Waals surface area contributed by atoms with Gasteiger partial charge in [-0.3, -0.25) is 9.80 Å². The van der Waals surface area contributed by atoms with Crippen LogP contribution in [0.4, 0.5) is 0 Å². The number of hydrogen-bond acceptors (Lipinski definition) is 9. The van der Waals surface area contributed by atoms with Gasteiger partial charge in [0.2, 0.25) is 0 Å². The van der Waals surface area contributed by atoms with Crippen molar-refractivity contribution in [3.63, 3.8) is 0 Å². The van der Waals surface area contributed by atoms with E-state index < -0.39 is 36.6 Å². The number of ether oxygens (including phenoxy) is 1. The van der Waals surface area contributed by atoms with Crippen molar-refractivity contribution in [2.45, 2.75) is 43.5 Å². The van der Waals surface area contributed by atoms with Gasteiger partial charge in [0.15, 0.2) is 24.3 Å². The number of nitrogens with zero attached hydrogens (tertiary/aromatic N) is 3. The normalized spacial score (nSPS) is 27.8. The lowest BCUT2D eigenvalue weighted by molar-refractivity contribution is -0.777. The minimum absolute atomic E-state index is 0.140. The van der Waals surface area contributed by atoms with Crippen molar-refractivity contribution in [1.29, 1.82) is 0 Å². The number of aliphatic hydroxyl groups is 3. The van der Waals surface area contributed by atoms with Crippen molar-refractivity contribution in [2.75, 3.05) is 13.6 Å². The van der Waals surface area contributed by atoms with Crippen LogP contribution < -0.4 is 9.67 Å². The first-order valence-corrected chi connectivity index (χ1v) is 8.25. The maximum absolute atomic E-state index is 12.3. The van der Waals surface area contributed by atoms with E-state index in [-0.39, 0.29) is 17.8 Å². The molecule has 11 heteroatoms. The summed E-state index contributed by atoms with van der Waals surface area (Å²) < 4.78 is 6.40. The number of aromatic nitrogens is 1. The van der Waals surface area contributed by atoms with Crippen molar-refractivity contribution < 1.29 is 39.3 Å². The molecule has 1 aromatic rings. The van der Waals surface area contributed by atoms with E-state index in [0.29, 0.717) is 13.0 Å². The summed E-state index contributed by atoms with van der Waals surface area (Å²) in [7, 11) is 1.49. The summed E-state index contributed by atoms with van der Waals surface area (Å²) in [5.41, 5.74) is 0.264. The number of nitroso groups, excluding NO2 is 1. The Bertz CT molecular complexity index is 700. The van der Waals surface area contributed by atoms with Crippen molar-refractivity contribution in [3.8, 4) is 0 Å². The fraction of sp³-hybridized carbons (Fsp3) is 0.562. The highest BCUT2D eigenvalue weighted by atomic mass is 16.6. The van der Waals surface area contributed by atoms with Gasteiger partial charge in [-0.25, -0.2) is 0 Å². The third-order valence-corrected chi connectivity index (χ3v) is 4.28. The van der Waals surface area contributed by atoms with Crippen LogP contribution in [0.5, 0.6) is 0 Å². The smallest absolute Gasteiger partial charge is 0.292 e. The SMILES string of the molecule is CN(CCCC(=O)c1ccc[n+]([C@@H]2O[C@H](C(=O)[O-])[C@@H](O)[C@H](O)[C@H]2O)c1)N=O. The number of aliphatic hydroxyl groups excluding tert-OH is 3. The molecule has 1 fully saturated rings. The van der Waals surface area contributed by atoms with Gasteiger partial charge in [0, 0.05) is 26.1 Å². The molecule has 2 rings (SSSR count). The van der Waals surface area contributed by atoms with Crippen LogP contribution in [-0.2, 0) is 9.53 Å². The van der Waals surface area contributed by atoms with E-state index in [2.05, 4.69) is 5.29 Å². The Morgan fingerprint density at radius 2 is 2.00 bits per heavy atom. The molecule has 0 aromatic carbocycles. The molecule has 0 bridgehead atoms. The lowest BCUT2D eigenvalue weighted by Gasteiger charge is -2.37. The lowest BCUT2D eigenvalue weighted by Crippen LogP contribution is -2.65. The Morgan fingerprint density at radius 1 is 1.30 bits per heavy atom. The molecule has 27 heavy (non-hydrogen) atoms. The molecule has 3 N–H and O–H groups in total. The minimum atomic E-state index is -1.85. The summed E-state index contributed by atoms with van der Waals surface area (Å²) in [4.78, 5) is 33.7. The van der Waals surface area contributed by atoms with E-state index in [1.807, 2.05) is 0 Å². The molecule has 1 aliphatic heterocycles. The molecule has 0 aliphatic carbocycles. The first-order chi connectivity index (χ1) is 12.8. The topological polar surface area (TPSA) is 164 Å². The average Bonchev–Trinajstić information content (AvgIpc) is 2.65. The van der Waals surface area contributed by atoms with Crippen LogP contribution in [-0.4, -0.2) is 70.1 Å². The van der Waals surface area contributed by atoms with Crippen molar-refractivity contribution >= 4 is 11.8 Å². The Kier molecular flexibility index (Phi) is 6.91. The molecular formula is C16H21N3O8. The van der Waals surface area contributed by atoms with E-state index in [0.717, 1.165) is 5.01 Å². The van der Waals surface area contributed by atoms with Crippen LogP contribution in [0, 0.1) is 4.91 Å². The number of pyridine rings is 1.